The fraction of sp³-hybridized carbons (Fsp3) is 0.733. The van der Waals surface area contributed by atoms with Crippen LogP contribution in [-0.4, -0.2) is 39.5 Å². The fourth-order valence-electron chi connectivity index (χ4n) is 2.86. The van der Waals surface area contributed by atoms with Crippen LogP contribution < -0.4 is 5.32 Å². The van der Waals surface area contributed by atoms with Gasteiger partial charge in [-0.1, -0.05) is 18.0 Å². The Balaban J connectivity index is 1.86. The van der Waals surface area contributed by atoms with E-state index in [4.69, 9.17) is 4.52 Å². The summed E-state index contributed by atoms with van der Waals surface area (Å²) in [5, 5.41) is 26.5. The summed E-state index contributed by atoms with van der Waals surface area (Å²) in [6, 6.07) is -0.361. The van der Waals surface area contributed by atoms with Gasteiger partial charge in [0, 0.05) is 12.0 Å². The zero-order valence-corrected chi connectivity index (χ0v) is 12.6. The van der Waals surface area contributed by atoms with Crippen LogP contribution in [0, 0.1) is 13.8 Å². The Morgan fingerprint density at radius 2 is 2.05 bits per heavy atom. The van der Waals surface area contributed by atoms with Crippen molar-refractivity contribution in [2.75, 3.05) is 0 Å². The van der Waals surface area contributed by atoms with E-state index in [9.17, 15) is 15.0 Å². The largest absolute Gasteiger partial charge is 0.390 e. The molecule has 6 heteroatoms. The molecule has 2 rings (SSSR count). The lowest BCUT2D eigenvalue weighted by Gasteiger charge is -2.24. The lowest BCUT2D eigenvalue weighted by molar-refractivity contribution is -0.123. The summed E-state index contributed by atoms with van der Waals surface area (Å²) in [6.45, 7) is 3.69. The Kier molecular flexibility index (Phi) is 5.36. The lowest BCUT2D eigenvalue weighted by atomic mass is 10.0. The predicted molar refractivity (Wildman–Crippen MR) is 76.7 cm³/mol. The number of carbonyl (C=O) groups excluding carboxylic acids is 1. The first-order valence-corrected chi connectivity index (χ1v) is 7.56. The van der Waals surface area contributed by atoms with Crippen molar-refractivity contribution in [2.24, 2.45) is 0 Å². The second-order valence-corrected chi connectivity index (χ2v) is 5.82. The normalized spacial score (nSPS) is 26.4. The van der Waals surface area contributed by atoms with E-state index in [1.54, 1.807) is 0 Å². The Bertz CT molecular complexity index is 467. The molecule has 6 nitrogen and oxygen atoms in total. The molecule has 1 aliphatic rings. The van der Waals surface area contributed by atoms with Crippen LogP contribution in [0.3, 0.4) is 0 Å². The number of amides is 1. The third-order valence-electron chi connectivity index (χ3n) is 4.20. The number of aliphatic hydroxyl groups excluding tert-OH is 2. The fourth-order valence-corrected chi connectivity index (χ4v) is 2.86. The zero-order chi connectivity index (χ0) is 15.4. The summed E-state index contributed by atoms with van der Waals surface area (Å²) < 4.78 is 5.07. The van der Waals surface area contributed by atoms with Gasteiger partial charge in [0.15, 0.2) is 0 Å². The molecule has 0 radical (unpaired) electrons. The van der Waals surface area contributed by atoms with Gasteiger partial charge in [-0.25, -0.2) is 0 Å². The van der Waals surface area contributed by atoms with Crippen LogP contribution in [0.25, 0.3) is 0 Å². The summed E-state index contributed by atoms with van der Waals surface area (Å²) in [5.41, 5.74) is 1.77. The van der Waals surface area contributed by atoms with Gasteiger partial charge in [0.2, 0.25) is 5.91 Å². The van der Waals surface area contributed by atoms with Crippen molar-refractivity contribution in [3.63, 3.8) is 0 Å². The van der Waals surface area contributed by atoms with Gasteiger partial charge < -0.3 is 20.1 Å². The van der Waals surface area contributed by atoms with E-state index in [-0.39, 0.29) is 11.9 Å². The highest BCUT2D eigenvalue weighted by molar-refractivity contribution is 5.76. The molecule has 1 fully saturated rings. The van der Waals surface area contributed by atoms with Gasteiger partial charge in [0.1, 0.15) is 5.76 Å². The SMILES string of the molecule is Cc1noc(C)c1CCC(=O)N[C@@H]1CCCC[C@@H](O)[C@@H]1O. The molecule has 0 bridgehead atoms. The zero-order valence-electron chi connectivity index (χ0n) is 12.6. The molecule has 3 N–H and O–H groups in total. The van der Waals surface area contributed by atoms with Crippen molar-refractivity contribution < 1.29 is 19.5 Å². The minimum absolute atomic E-state index is 0.117. The minimum atomic E-state index is -0.879. The number of nitrogens with one attached hydrogen (secondary N) is 1. The van der Waals surface area contributed by atoms with Gasteiger partial charge in [-0.15, -0.1) is 0 Å². The Hall–Kier alpha value is -1.40. The first-order chi connectivity index (χ1) is 9.99. The third-order valence-corrected chi connectivity index (χ3v) is 4.20. The molecule has 21 heavy (non-hydrogen) atoms. The maximum Gasteiger partial charge on any atom is 0.220 e. The van der Waals surface area contributed by atoms with Gasteiger partial charge in [-0.2, -0.15) is 0 Å². The predicted octanol–water partition coefficient (Wildman–Crippen LogP) is 1.00. The highest BCUT2D eigenvalue weighted by Gasteiger charge is 2.29. The average molecular weight is 296 g/mol. The van der Waals surface area contributed by atoms with Crippen LogP contribution in [0.5, 0.6) is 0 Å². The molecule has 0 saturated heterocycles. The Morgan fingerprint density at radius 3 is 2.71 bits per heavy atom. The van der Waals surface area contributed by atoms with Crippen LogP contribution >= 0.6 is 0 Å². The highest BCUT2D eigenvalue weighted by atomic mass is 16.5. The van der Waals surface area contributed by atoms with Crippen molar-refractivity contribution in [1.82, 2.24) is 10.5 Å². The lowest BCUT2D eigenvalue weighted by Crippen LogP contribution is -2.47. The van der Waals surface area contributed by atoms with Crippen LogP contribution in [0.2, 0.25) is 0 Å². The highest BCUT2D eigenvalue weighted by Crippen LogP contribution is 2.19. The third kappa shape index (κ3) is 4.04. The number of hydrogen-bond acceptors (Lipinski definition) is 5. The Labute approximate surface area is 124 Å². The molecule has 1 aromatic rings. The number of aryl methyl sites for hydroxylation is 2. The van der Waals surface area contributed by atoms with Crippen molar-refractivity contribution in [1.29, 1.82) is 0 Å². The molecule has 1 aliphatic carbocycles. The number of nitrogens with zero attached hydrogens (tertiary/aromatic N) is 1. The molecule has 118 valence electrons. The summed E-state index contributed by atoms with van der Waals surface area (Å²) in [6.07, 6.45) is 2.34. The van der Waals surface area contributed by atoms with E-state index in [1.807, 2.05) is 13.8 Å². The van der Waals surface area contributed by atoms with Crippen molar-refractivity contribution in [3.05, 3.63) is 17.0 Å². The average Bonchev–Trinajstić information content (AvgIpc) is 2.69. The molecule has 1 heterocycles. The quantitative estimate of drug-likeness (QED) is 0.721. The second kappa shape index (κ2) is 7.04. The molecule has 0 aliphatic heterocycles. The topological polar surface area (TPSA) is 95.6 Å². The number of aromatic nitrogens is 1. The van der Waals surface area contributed by atoms with E-state index < -0.39 is 12.2 Å². The summed E-state index contributed by atoms with van der Waals surface area (Å²) in [4.78, 5) is 12.0. The van der Waals surface area contributed by atoms with Gasteiger partial charge in [0.05, 0.1) is 23.9 Å². The smallest absolute Gasteiger partial charge is 0.220 e. The molecule has 1 amide bonds. The van der Waals surface area contributed by atoms with Gasteiger partial charge in [0.25, 0.3) is 0 Å². The van der Waals surface area contributed by atoms with Crippen LogP contribution in [0.1, 0.15) is 49.1 Å². The van der Waals surface area contributed by atoms with E-state index in [0.717, 1.165) is 29.9 Å². The molecule has 3 atom stereocenters. The molecular weight excluding hydrogens is 272 g/mol. The number of rotatable bonds is 4. The molecule has 0 spiro atoms. The second-order valence-electron chi connectivity index (χ2n) is 5.82. The summed E-state index contributed by atoms with van der Waals surface area (Å²) >= 11 is 0. The summed E-state index contributed by atoms with van der Waals surface area (Å²) in [7, 11) is 0. The van der Waals surface area contributed by atoms with Crippen LogP contribution in [-0.2, 0) is 11.2 Å². The minimum Gasteiger partial charge on any atom is -0.390 e. The van der Waals surface area contributed by atoms with Gasteiger partial charge >= 0.3 is 0 Å². The first kappa shape index (κ1) is 16.0. The molecule has 1 saturated carbocycles. The van der Waals surface area contributed by atoms with E-state index >= 15 is 0 Å². The summed E-state index contributed by atoms with van der Waals surface area (Å²) in [5.74, 6) is 0.623. The van der Waals surface area contributed by atoms with Crippen molar-refractivity contribution >= 4 is 5.91 Å². The maximum atomic E-state index is 12.0. The van der Waals surface area contributed by atoms with E-state index in [0.29, 0.717) is 25.7 Å². The number of hydrogen-bond donors (Lipinski definition) is 3. The van der Waals surface area contributed by atoms with E-state index in [2.05, 4.69) is 10.5 Å². The molecule has 0 unspecified atom stereocenters. The monoisotopic (exact) mass is 296 g/mol. The number of carbonyl (C=O) groups is 1. The Morgan fingerprint density at radius 1 is 1.33 bits per heavy atom. The van der Waals surface area contributed by atoms with Gasteiger partial charge in [-0.3, -0.25) is 4.79 Å². The van der Waals surface area contributed by atoms with Crippen LogP contribution in [0.4, 0.5) is 0 Å². The van der Waals surface area contributed by atoms with Crippen molar-refractivity contribution in [2.45, 2.75) is 70.6 Å². The molecule has 0 aromatic carbocycles. The first-order valence-electron chi connectivity index (χ1n) is 7.56. The van der Waals surface area contributed by atoms with Crippen molar-refractivity contribution in [3.8, 4) is 0 Å². The maximum absolute atomic E-state index is 12.0. The number of aliphatic hydroxyl groups is 2. The standard InChI is InChI=1S/C15H24N2O4/c1-9-11(10(2)21-17-9)7-8-14(19)16-12-5-3-4-6-13(18)15(12)20/h12-13,15,18,20H,3-8H2,1-2H3,(H,16,19)/t12-,13-,15-/m1/s1. The van der Waals surface area contributed by atoms with Gasteiger partial charge in [-0.05, 0) is 33.1 Å². The van der Waals surface area contributed by atoms with Crippen LogP contribution in [0.15, 0.2) is 4.52 Å². The molecule has 1 aromatic heterocycles. The molecular formula is C15H24N2O4. The van der Waals surface area contributed by atoms with E-state index in [1.165, 1.54) is 0 Å².